The molecule has 1 saturated carbocycles. The van der Waals surface area contributed by atoms with Gasteiger partial charge < -0.3 is 5.73 Å². The van der Waals surface area contributed by atoms with E-state index in [1.165, 1.54) is 19.4 Å². The normalized spacial score (nSPS) is 28.6. The van der Waals surface area contributed by atoms with Crippen molar-refractivity contribution in [2.45, 2.75) is 58.7 Å². The Hall–Kier alpha value is -0.0800. The molecule has 1 fully saturated rings. The molecule has 78 valence electrons. The van der Waals surface area contributed by atoms with Crippen LogP contribution in [0.3, 0.4) is 0 Å². The van der Waals surface area contributed by atoms with E-state index in [0.29, 0.717) is 18.1 Å². The number of nitrogens with zero attached hydrogens (tertiary/aromatic N) is 1. The van der Waals surface area contributed by atoms with Gasteiger partial charge in [-0.1, -0.05) is 0 Å². The molecule has 0 amide bonds. The molecule has 1 rings (SSSR count). The zero-order chi connectivity index (χ0) is 10.0. The Morgan fingerprint density at radius 1 is 1.15 bits per heavy atom. The van der Waals surface area contributed by atoms with Crippen molar-refractivity contribution in [2.24, 2.45) is 11.7 Å². The smallest absolute Gasteiger partial charge is 0.00450 e. The van der Waals surface area contributed by atoms with Crippen molar-refractivity contribution in [1.29, 1.82) is 0 Å². The molecule has 13 heavy (non-hydrogen) atoms. The van der Waals surface area contributed by atoms with Crippen LogP contribution < -0.4 is 5.73 Å². The lowest BCUT2D eigenvalue weighted by molar-refractivity contribution is 0.106. The van der Waals surface area contributed by atoms with E-state index in [9.17, 15) is 0 Å². The van der Waals surface area contributed by atoms with Crippen molar-refractivity contribution in [3.05, 3.63) is 0 Å². The van der Waals surface area contributed by atoms with E-state index in [0.717, 1.165) is 5.92 Å². The van der Waals surface area contributed by atoms with Gasteiger partial charge in [-0.05, 0) is 46.5 Å². The summed E-state index contributed by atoms with van der Waals surface area (Å²) in [5.74, 6) is 0.861. The van der Waals surface area contributed by atoms with Gasteiger partial charge in [0.15, 0.2) is 0 Å². The van der Waals surface area contributed by atoms with Crippen LogP contribution in [0, 0.1) is 5.92 Å². The molecule has 2 heteroatoms. The third kappa shape index (κ3) is 2.96. The molecule has 0 aliphatic heterocycles. The van der Waals surface area contributed by atoms with Gasteiger partial charge in [-0.2, -0.15) is 0 Å². The minimum absolute atomic E-state index is 0.492. The van der Waals surface area contributed by atoms with Gasteiger partial charge in [-0.3, -0.25) is 4.90 Å². The Labute approximate surface area is 82.5 Å². The van der Waals surface area contributed by atoms with Gasteiger partial charge in [0.1, 0.15) is 0 Å². The molecule has 2 nitrogen and oxygen atoms in total. The summed E-state index contributed by atoms with van der Waals surface area (Å²) in [6.45, 7) is 10.3. The average molecular weight is 184 g/mol. The van der Waals surface area contributed by atoms with Crippen LogP contribution in [0.2, 0.25) is 0 Å². The fourth-order valence-corrected chi connectivity index (χ4v) is 2.25. The lowest BCUT2D eigenvalue weighted by Crippen LogP contribution is -2.47. The predicted molar refractivity (Wildman–Crippen MR) is 57.7 cm³/mol. The minimum atomic E-state index is 0.492. The summed E-state index contributed by atoms with van der Waals surface area (Å²) in [6, 6.07) is 1.82. The zero-order valence-corrected chi connectivity index (χ0v) is 9.46. The van der Waals surface area contributed by atoms with Gasteiger partial charge in [-0.25, -0.2) is 0 Å². The van der Waals surface area contributed by atoms with E-state index >= 15 is 0 Å². The molecule has 0 aromatic carbocycles. The maximum atomic E-state index is 5.78. The van der Waals surface area contributed by atoms with Gasteiger partial charge in [0.2, 0.25) is 0 Å². The molecule has 0 unspecified atom stereocenters. The number of hydrogen-bond donors (Lipinski definition) is 1. The molecular formula is C11H24N2. The quantitative estimate of drug-likeness (QED) is 0.722. The van der Waals surface area contributed by atoms with Crippen LogP contribution in [0.25, 0.3) is 0 Å². The van der Waals surface area contributed by atoms with Gasteiger partial charge >= 0.3 is 0 Å². The van der Waals surface area contributed by atoms with Crippen LogP contribution in [0.5, 0.6) is 0 Å². The SMILES string of the molecule is CC(C)N(CC1CC(N)C1)C(C)C. The van der Waals surface area contributed by atoms with Gasteiger partial charge in [-0.15, -0.1) is 0 Å². The Kier molecular flexibility index (Phi) is 3.74. The first-order valence-electron chi connectivity index (χ1n) is 5.52. The van der Waals surface area contributed by atoms with Crippen molar-refractivity contribution in [2.75, 3.05) is 6.54 Å². The van der Waals surface area contributed by atoms with Gasteiger partial charge in [0.25, 0.3) is 0 Å². The lowest BCUT2D eigenvalue weighted by atomic mass is 9.80. The van der Waals surface area contributed by atoms with Crippen LogP contribution in [0.15, 0.2) is 0 Å². The van der Waals surface area contributed by atoms with Crippen LogP contribution in [-0.2, 0) is 0 Å². The second-order valence-corrected chi connectivity index (χ2v) is 4.98. The fourth-order valence-electron chi connectivity index (χ4n) is 2.25. The van der Waals surface area contributed by atoms with E-state index in [2.05, 4.69) is 32.6 Å². The highest BCUT2D eigenvalue weighted by Crippen LogP contribution is 2.27. The fraction of sp³-hybridized carbons (Fsp3) is 1.00. The third-order valence-electron chi connectivity index (χ3n) is 3.07. The number of hydrogen-bond acceptors (Lipinski definition) is 2. The summed E-state index contributed by atoms with van der Waals surface area (Å²) in [7, 11) is 0. The van der Waals surface area contributed by atoms with Crippen LogP contribution in [0.4, 0.5) is 0 Å². The van der Waals surface area contributed by atoms with E-state index < -0.39 is 0 Å². The Balaban J connectivity index is 2.31. The number of nitrogens with two attached hydrogens (primary N) is 1. The third-order valence-corrected chi connectivity index (χ3v) is 3.07. The predicted octanol–water partition coefficient (Wildman–Crippen LogP) is 1.84. The van der Waals surface area contributed by atoms with Crippen molar-refractivity contribution in [3.63, 3.8) is 0 Å². The highest BCUT2D eigenvalue weighted by molar-refractivity contribution is 4.85. The zero-order valence-electron chi connectivity index (χ0n) is 9.46. The summed E-state index contributed by atoms with van der Waals surface area (Å²) < 4.78 is 0. The second kappa shape index (κ2) is 4.43. The monoisotopic (exact) mass is 184 g/mol. The lowest BCUT2D eigenvalue weighted by Gasteiger charge is -2.40. The maximum Gasteiger partial charge on any atom is 0.00450 e. The van der Waals surface area contributed by atoms with E-state index in [1.807, 2.05) is 0 Å². The molecule has 1 aliphatic carbocycles. The van der Waals surface area contributed by atoms with Crippen LogP contribution >= 0.6 is 0 Å². The molecule has 0 aromatic heterocycles. The highest BCUT2D eigenvalue weighted by Gasteiger charge is 2.28. The van der Waals surface area contributed by atoms with Crippen molar-refractivity contribution in [3.8, 4) is 0 Å². The van der Waals surface area contributed by atoms with Crippen molar-refractivity contribution in [1.82, 2.24) is 4.90 Å². The molecule has 0 spiro atoms. The van der Waals surface area contributed by atoms with E-state index in [4.69, 9.17) is 5.73 Å². The molecule has 2 N–H and O–H groups in total. The summed E-state index contributed by atoms with van der Waals surface area (Å²) in [6.07, 6.45) is 2.46. The highest BCUT2D eigenvalue weighted by atomic mass is 15.2. The summed E-state index contributed by atoms with van der Waals surface area (Å²) >= 11 is 0. The second-order valence-electron chi connectivity index (χ2n) is 4.98. The molecule has 1 aliphatic rings. The largest absolute Gasteiger partial charge is 0.328 e. The minimum Gasteiger partial charge on any atom is -0.328 e. The first-order valence-corrected chi connectivity index (χ1v) is 5.52. The Bertz CT molecular complexity index is 140. The molecule has 0 saturated heterocycles. The van der Waals surface area contributed by atoms with Crippen LogP contribution in [-0.4, -0.2) is 29.6 Å². The molecule has 0 bridgehead atoms. The van der Waals surface area contributed by atoms with Crippen LogP contribution in [0.1, 0.15) is 40.5 Å². The Morgan fingerprint density at radius 3 is 1.92 bits per heavy atom. The van der Waals surface area contributed by atoms with E-state index in [1.54, 1.807) is 0 Å². The molecule has 0 atom stereocenters. The summed E-state index contributed by atoms with van der Waals surface area (Å²) in [5.41, 5.74) is 5.78. The van der Waals surface area contributed by atoms with Crippen molar-refractivity contribution < 1.29 is 0 Å². The van der Waals surface area contributed by atoms with Crippen molar-refractivity contribution >= 4 is 0 Å². The Morgan fingerprint density at radius 2 is 1.62 bits per heavy atom. The first-order chi connectivity index (χ1) is 6.00. The first kappa shape index (κ1) is 11.0. The topological polar surface area (TPSA) is 29.3 Å². The molecule has 0 aromatic rings. The average Bonchev–Trinajstić information content (AvgIpc) is 1.93. The molecule has 0 radical (unpaired) electrons. The molecular weight excluding hydrogens is 160 g/mol. The van der Waals surface area contributed by atoms with E-state index in [-0.39, 0.29) is 0 Å². The van der Waals surface area contributed by atoms with Gasteiger partial charge in [0.05, 0.1) is 0 Å². The standard InChI is InChI=1S/C11H24N2/c1-8(2)13(9(3)4)7-10-5-11(12)6-10/h8-11H,5-7,12H2,1-4H3. The molecule has 0 heterocycles. The maximum absolute atomic E-state index is 5.78. The number of rotatable bonds is 4. The van der Waals surface area contributed by atoms with Gasteiger partial charge in [0, 0.05) is 24.7 Å². The summed E-state index contributed by atoms with van der Waals surface area (Å²) in [5, 5.41) is 0. The summed E-state index contributed by atoms with van der Waals surface area (Å²) in [4.78, 5) is 2.57.